The lowest BCUT2D eigenvalue weighted by Gasteiger charge is -2.16. The minimum atomic E-state index is -0.251. The van der Waals surface area contributed by atoms with Crippen LogP contribution in [-0.4, -0.2) is 32.3 Å². The fourth-order valence-electron chi connectivity index (χ4n) is 3.53. The molecule has 172 valence electrons. The molecule has 0 bridgehead atoms. The summed E-state index contributed by atoms with van der Waals surface area (Å²) in [6.07, 6.45) is 1.64. The van der Waals surface area contributed by atoms with Crippen molar-refractivity contribution < 1.29 is 9.59 Å². The molecule has 0 aliphatic rings. The van der Waals surface area contributed by atoms with Crippen molar-refractivity contribution in [1.82, 2.24) is 20.1 Å². The number of thioether (sulfide) groups is 1. The largest absolute Gasteiger partial charge is 0.345 e. The molecule has 1 unspecified atom stereocenters. The Bertz CT molecular complexity index is 1290. The fraction of sp³-hybridized carbons (Fsp3) is 0.154. The van der Waals surface area contributed by atoms with Gasteiger partial charge in [0.2, 0.25) is 5.91 Å². The smallest absolute Gasteiger partial charge is 0.253 e. The molecular weight excluding hydrogens is 446 g/mol. The van der Waals surface area contributed by atoms with E-state index < -0.39 is 0 Å². The van der Waals surface area contributed by atoms with E-state index in [4.69, 9.17) is 0 Å². The lowest BCUT2D eigenvalue weighted by Crippen LogP contribution is -2.28. The quantitative estimate of drug-likeness (QED) is 0.361. The third-order valence-electron chi connectivity index (χ3n) is 5.32. The van der Waals surface area contributed by atoms with Gasteiger partial charge in [-0.3, -0.25) is 14.2 Å². The highest BCUT2D eigenvalue weighted by Gasteiger charge is 2.17. The van der Waals surface area contributed by atoms with Gasteiger partial charge in [-0.2, -0.15) is 0 Å². The van der Waals surface area contributed by atoms with Crippen molar-refractivity contribution in [3.63, 3.8) is 0 Å². The number of carbonyl (C=O) groups excluding carboxylic acids is 2. The van der Waals surface area contributed by atoms with E-state index in [0.29, 0.717) is 16.4 Å². The summed E-state index contributed by atoms with van der Waals surface area (Å²) in [5.74, 6) is -0.360. The first-order valence-electron chi connectivity index (χ1n) is 10.9. The summed E-state index contributed by atoms with van der Waals surface area (Å²) in [5.41, 5.74) is 3.92. The van der Waals surface area contributed by atoms with E-state index in [1.807, 2.05) is 73.0 Å². The van der Waals surface area contributed by atoms with Gasteiger partial charge in [0.1, 0.15) is 6.33 Å². The molecule has 1 aromatic heterocycles. The summed E-state index contributed by atoms with van der Waals surface area (Å²) >= 11 is 1.28. The number of carbonyl (C=O) groups is 2. The van der Waals surface area contributed by atoms with Crippen LogP contribution in [0.2, 0.25) is 0 Å². The summed E-state index contributed by atoms with van der Waals surface area (Å²) in [6, 6.07) is 24.5. The second-order valence-electron chi connectivity index (χ2n) is 7.76. The van der Waals surface area contributed by atoms with Crippen LogP contribution < -0.4 is 10.6 Å². The Balaban J connectivity index is 1.41. The molecule has 0 radical (unpaired) electrons. The Hall–Kier alpha value is -3.91. The van der Waals surface area contributed by atoms with Gasteiger partial charge in [-0.25, -0.2) is 0 Å². The van der Waals surface area contributed by atoms with E-state index in [1.54, 1.807) is 30.6 Å². The lowest BCUT2D eigenvalue weighted by molar-refractivity contribution is -0.113. The summed E-state index contributed by atoms with van der Waals surface area (Å²) < 4.78 is 1.86. The number of nitrogens with one attached hydrogen (secondary N) is 2. The van der Waals surface area contributed by atoms with Crippen molar-refractivity contribution in [2.45, 2.75) is 25.0 Å². The van der Waals surface area contributed by atoms with Crippen LogP contribution in [0.4, 0.5) is 5.69 Å². The summed E-state index contributed by atoms with van der Waals surface area (Å²) in [6.45, 7) is 3.94. The molecule has 2 N–H and O–H groups in total. The third kappa shape index (κ3) is 5.52. The van der Waals surface area contributed by atoms with E-state index in [1.165, 1.54) is 11.8 Å². The first-order chi connectivity index (χ1) is 16.5. The Labute approximate surface area is 202 Å². The number of anilines is 1. The molecule has 0 saturated heterocycles. The van der Waals surface area contributed by atoms with E-state index in [2.05, 4.69) is 20.8 Å². The molecule has 8 heteroatoms. The molecule has 0 aliphatic heterocycles. The maximum Gasteiger partial charge on any atom is 0.253 e. The second-order valence-corrected chi connectivity index (χ2v) is 8.70. The Morgan fingerprint density at radius 2 is 1.68 bits per heavy atom. The molecule has 2 amide bonds. The molecule has 0 fully saturated rings. The van der Waals surface area contributed by atoms with Crippen molar-refractivity contribution in [2.75, 3.05) is 11.1 Å². The number of amides is 2. The van der Waals surface area contributed by atoms with Gasteiger partial charge in [-0.15, -0.1) is 10.2 Å². The number of hydrogen-bond donors (Lipinski definition) is 2. The van der Waals surface area contributed by atoms with Gasteiger partial charge >= 0.3 is 0 Å². The zero-order chi connectivity index (χ0) is 23.9. The molecule has 0 spiro atoms. The first-order valence-corrected chi connectivity index (χ1v) is 11.8. The maximum absolute atomic E-state index is 12.9. The van der Waals surface area contributed by atoms with Crippen molar-refractivity contribution in [2.24, 2.45) is 0 Å². The van der Waals surface area contributed by atoms with Crippen LogP contribution in [0.15, 0.2) is 90.3 Å². The van der Waals surface area contributed by atoms with Crippen LogP contribution >= 0.6 is 11.8 Å². The van der Waals surface area contributed by atoms with Gasteiger partial charge in [0.05, 0.1) is 28.7 Å². The standard InChI is InChI=1S/C26H25N5O2S/c1-18-10-6-9-15-23(18)31-17-27-30-26(31)34-16-24(32)29-22-14-8-7-13-21(22)25(33)28-19(2)20-11-4-3-5-12-20/h3-15,17,19H,16H2,1-2H3,(H,28,33)(H,29,32). The van der Waals surface area contributed by atoms with Crippen molar-refractivity contribution in [3.05, 3.63) is 102 Å². The predicted molar refractivity (Wildman–Crippen MR) is 134 cm³/mol. The van der Waals surface area contributed by atoms with Gasteiger partial charge < -0.3 is 10.6 Å². The first kappa shape index (κ1) is 23.3. The molecular formula is C26H25N5O2S. The van der Waals surface area contributed by atoms with E-state index in [0.717, 1.165) is 16.8 Å². The zero-order valence-corrected chi connectivity index (χ0v) is 19.8. The fourth-order valence-corrected chi connectivity index (χ4v) is 4.25. The van der Waals surface area contributed by atoms with Crippen LogP contribution in [0.25, 0.3) is 5.69 Å². The highest BCUT2D eigenvalue weighted by Crippen LogP contribution is 2.23. The summed E-state index contributed by atoms with van der Waals surface area (Å²) in [7, 11) is 0. The minimum Gasteiger partial charge on any atom is -0.345 e. The Morgan fingerprint density at radius 3 is 2.47 bits per heavy atom. The molecule has 0 saturated carbocycles. The number of aryl methyl sites for hydroxylation is 1. The number of aromatic nitrogens is 3. The molecule has 34 heavy (non-hydrogen) atoms. The summed E-state index contributed by atoms with van der Waals surface area (Å²) in [5, 5.41) is 14.6. The van der Waals surface area contributed by atoms with Gasteiger partial charge in [0.15, 0.2) is 5.16 Å². The number of nitrogens with zero attached hydrogens (tertiary/aromatic N) is 3. The molecule has 1 atom stereocenters. The second kappa shape index (κ2) is 10.8. The number of rotatable bonds is 8. The Kier molecular flexibility index (Phi) is 7.39. The molecule has 1 heterocycles. The van der Waals surface area contributed by atoms with Crippen molar-refractivity contribution in [1.29, 1.82) is 0 Å². The van der Waals surface area contributed by atoms with Crippen LogP contribution in [0.3, 0.4) is 0 Å². The lowest BCUT2D eigenvalue weighted by atomic mass is 10.1. The summed E-state index contributed by atoms with van der Waals surface area (Å²) in [4.78, 5) is 25.6. The molecule has 4 aromatic rings. The molecule has 0 aliphatic carbocycles. The average molecular weight is 472 g/mol. The monoisotopic (exact) mass is 471 g/mol. The molecule has 7 nitrogen and oxygen atoms in total. The topological polar surface area (TPSA) is 88.9 Å². The van der Waals surface area contributed by atoms with Gasteiger partial charge in [-0.1, -0.05) is 72.4 Å². The Morgan fingerprint density at radius 1 is 0.971 bits per heavy atom. The minimum absolute atomic E-state index is 0.126. The van der Waals surface area contributed by atoms with Crippen LogP contribution in [-0.2, 0) is 4.79 Å². The highest BCUT2D eigenvalue weighted by atomic mass is 32.2. The van der Waals surface area contributed by atoms with Gasteiger partial charge in [0, 0.05) is 0 Å². The number of para-hydroxylation sites is 2. The number of hydrogen-bond acceptors (Lipinski definition) is 5. The molecule has 4 rings (SSSR count). The van der Waals surface area contributed by atoms with Gasteiger partial charge in [-0.05, 0) is 43.2 Å². The SMILES string of the molecule is Cc1ccccc1-n1cnnc1SCC(=O)Nc1ccccc1C(=O)NC(C)c1ccccc1. The van der Waals surface area contributed by atoms with Crippen molar-refractivity contribution >= 4 is 29.3 Å². The average Bonchev–Trinajstić information content (AvgIpc) is 3.32. The normalized spacial score (nSPS) is 11.6. The van der Waals surface area contributed by atoms with Crippen LogP contribution in [0.1, 0.15) is 34.5 Å². The van der Waals surface area contributed by atoms with E-state index >= 15 is 0 Å². The molecule has 3 aromatic carbocycles. The van der Waals surface area contributed by atoms with Crippen molar-refractivity contribution in [3.8, 4) is 5.69 Å². The zero-order valence-electron chi connectivity index (χ0n) is 18.9. The maximum atomic E-state index is 12.9. The van der Waals surface area contributed by atoms with Crippen LogP contribution in [0, 0.1) is 6.92 Å². The number of benzene rings is 3. The third-order valence-corrected chi connectivity index (χ3v) is 6.26. The van der Waals surface area contributed by atoms with Crippen LogP contribution in [0.5, 0.6) is 0 Å². The highest BCUT2D eigenvalue weighted by molar-refractivity contribution is 7.99. The van der Waals surface area contributed by atoms with Gasteiger partial charge in [0.25, 0.3) is 5.91 Å². The van der Waals surface area contributed by atoms with E-state index in [-0.39, 0.29) is 23.6 Å². The predicted octanol–water partition coefficient (Wildman–Crippen LogP) is 4.80. The van der Waals surface area contributed by atoms with E-state index in [9.17, 15) is 9.59 Å².